The fourth-order valence-corrected chi connectivity index (χ4v) is 4.11. The quantitative estimate of drug-likeness (QED) is 0.784. The van der Waals surface area contributed by atoms with Crippen LogP contribution < -0.4 is 5.32 Å². The molecule has 0 radical (unpaired) electrons. The second-order valence-corrected chi connectivity index (χ2v) is 7.34. The number of nitrogens with zero attached hydrogens (tertiary/aromatic N) is 1. The molecule has 0 bridgehead atoms. The molecule has 0 aromatic rings. The van der Waals surface area contributed by atoms with E-state index in [1.54, 1.807) is 0 Å². The highest BCUT2D eigenvalue weighted by atomic mass is 15.2. The third-order valence-electron chi connectivity index (χ3n) is 5.97. The van der Waals surface area contributed by atoms with Gasteiger partial charge in [-0.2, -0.15) is 0 Å². The zero-order valence-electron chi connectivity index (χ0n) is 14.0. The Bertz CT molecular complexity index is 252. The van der Waals surface area contributed by atoms with Crippen LogP contribution in [0.2, 0.25) is 0 Å². The molecular weight excluding hydrogens is 244 g/mol. The predicted octanol–water partition coefficient (Wildman–Crippen LogP) is 4.20. The van der Waals surface area contributed by atoms with Gasteiger partial charge in [-0.1, -0.05) is 32.6 Å². The van der Waals surface area contributed by atoms with Gasteiger partial charge in [-0.05, 0) is 58.4 Å². The summed E-state index contributed by atoms with van der Waals surface area (Å²) in [6.45, 7) is 5.93. The Hall–Kier alpha value is -0.0800. The van der Waals surface area contributed by atoms with E-state index in [-0.39, 0.29) is 0 Å². The van der Waals surface area contributed by atoms with Crippen molar-refractivity contribution in [2.75, 3.05) is 13.6 Å². The highest BCUT2D eigenvalue weighted by molar-refractivity contribution is 4.82. The highest BCUT2D eigenvalue weighted by Gasteiger charge is 2.25. The number of rotatable bonds is 6. The molecule has 1 N–H and O–H groups in total. The lowest BCUT2D eigenvalue weighted by Crippen LogP contribution is -2.47. The summed E-state index contributed by atoms with van der Waals surface area (Å²) in [6, 6.07) is 2.32. The average Bonchev–Trinajstić information content (AvgIpc) is 2.53. The van der Waals surface area contributed by atoms with Crippen LogP contribution in [0.3, 0.4) is 0 Å². The molecule has 2 fully saturated rings. The first kappa shape index (κ1) is 16.3. The van der Waals surface area contributed by atoms with Gasteiger partial charge in [0.15, 0.2) is 0 Å². The zero-order chi connectivity index (χ0) is 14.4. The Morgan fingerprint density at radius 1 is 1.00 bits per heavy atom. The van der Waals surface area contributed by atoms with Crippen molar-refractivity contribution in [1.82, 2.24) is 10.2 Å². The van der Waals surface area contributed by atoms with Crippen molar-refractivity contribution < 1.29 is 0 Å². The summed E-state index contributed by atoms with van der Waals surface area (Å²) in [4.78, 5) is 2.65. The molecule has 118 valence electrons. The first-order valence-electron chi connectivity index (χ1n) is 9.16. The van der Waals surface area contributed by atoms with E-state index in [0.717, 1.165) is 18.0 Å². The van der Waals surface area contributed by atoms with Gasteiger partial charge in [-0.25, -0.2) is 0 Å². The molecule has 0 aromatic heterocycles. The van der Waals surface area contributed by atoms with Crippen LogP contribution >= 0.6 is 0 Å². The van der Waals surface area contributed by atoms with Gasteiger partial charge < -0.3 is 5.32 Å². The lowest BCUT2D eigenvalue weighted by Gasteiger charge is -2.38. The molecule has 1 unspecified atom stereocenters. The first-order valence-corrected chi connectivity index (χ1v) is 9.16. The minimum absolute atomic E-state index is 0.681. The Labute approximate surface area is 126 Å². The largest absolute Gasteiger partial charge is 0.312 e. The maximum Gasteiger partial charge on any atom is 0.0192 e. The predicted molar refractivity (Wildman–Crippen MR) is 88.1 cm³/mol. The second kappa shape index (κ2) is 8.38. The van der Waals surface area contributed by atoms with Gasteiger partial charge in [0.2, 0.25) is 0 Å². The average molecular weight is 280 g/mol. The fourth-order valence-electron chi connectivity index (χ4n) is 4.11. The van der Waals surface area contributed by atoms with E-state index in [4.69, 9.17) is 0 Å². The van der Waals surface area contributed by atoms with Crippen molar-refractivity contribution in [3.63, 3.8) is 0 Å². The van der Waals surface area contributed by atoms with Crippen molar-refractivity contribution in [3.8, 4) is 0 Å². The highest BCUT2D eigenvalue weighted by Crippen LogP contribution is 2.29. The van der Waals surface area contributed by atoms with Crippen LogP contribution in [0.5, 0.6) is 0 Å². The smallest absolute Gasteiger partial charge is 0.0192 e. The van der Waals surface area contributed by atoms with E-state index < -0.39 is 0 Å². The summed E-state index contributed by atoms with van der Waals surface area (Å²) in [5.41, 5.74) is 0. The molecule has 0 spiro atoms. The van der Waals surface area contributed by atoms with E-state index in [1.165, 1.54) is 70.8 Å². The Morgan fingerprint density at radius 3 is 2.25 bits per heavy atom. The molecule has 2 aliphatic rings. The van der Waals surface area contributed by atoms with Crippen LogP contribution in [-0.4, -0.2) is 36.6 Å². The van der Waals surface area contributed by atoms with Crippen molar-refractivity contribution in [3.05, 3.63) is 0 Å². The second-order valence-electron chi connectivity index (χ2n) is 7.34. The molecule has 2 saturated carbocycles. The minimum Gasteiger partial charge on any atom is -0.312 e. The maximum atomic E-state index is 3.82. The van der Waals surface area contributed by atoms with Crippen molar-refractivity contribution >= 4 is 0 Å². The Morgan fingerprint density at radius 2 is 1.65 bits per heavy atom. The Kier molecular flexibility index (Phi) is 6.83. The van der Waals surface area contributed by atoms with Crippen molar-refractivity contribution in [2.45, 2.75) is 96.2 Å². The van der Waals surface area contributed by atoms with E-state index in [1.807, 2.05) is 0 Å². The molecule has 2 nitrogen and oxygen atoms in total. The number of hydrogen-bond donors (Lipinski definition) is 1. The number of likely N-dealkylation sites (N-methyl/N-ethyl adjacent to an activating group) is 1. The summed E-state index contributed by atoms with van der Waals surface area (Å²) in [7, 11) is 2.35. The van der Waals surface area contributed by atoms with E-state index in [9.17, 15) is 0 Å². The summed E-state index contributed by atoms with van der Waals surface area (Å²) in [5, 5.41) is 3.82. The standard InChI is InChI=1S/C18H36N2/c1-4-16-10-12-18(13-11-16)20(3)15(2)14-19-17-8-6-5-7-9-17/h15-19H,4-14H2,1-3H3. The summed E-state index contributed by atoms with van der Waals surface area (Å²) in [6.07, 6.45) is 14.2. The van der Waals surface area contributed by atoms with Crippen LogP contribution in [0, 0.1) is 5.92 Å². The topological polar surface area (TPSA) is 15.3 Å². The Balaban J connectivity index is 1.67. The molecule has 2 rings (SSSR count). The number of nitrogens with one attached hydrogen (secondary N) is 1. The van der Waals surface area contributed by atoms with E-state index in [2.05, 4.69) is 31.1 Å². The van der Waals surface area contributed by atoms with Gasteiger partial charge in [-0.3, -0.25) is 4.90 Å². The van der Waals surface area contributed by atoms with Crippen LogP contribution in [0.1, 0.15) is 78.1 Å². The summed E-state index contributed by atoms with van der Waals surface area (Å²) < 4.78 is 0. The van der Waals surface area contributed by atoms with Crippen molar-refractivity contribution in [2.24, 2.45) is 5.92 Å². The molecule has 0 heterocycles. The normalized spacial score (nSPS) is 30.6. The number of hydrogen-bond acceptors (Lipinski definition) is 2. The monoisotopic (exact) mass is 280 g/mol. The molecule has 0 amide bonds. The summed E-state index contributed by atoms with van der Waals surface area (Å²) >= 11 is 0. The van der Waals surface area contributed by atoms with Gasteiger partial charge in [0, 0.05) is 24.7 Å². The van der Waals surface area contributed by atoms with Gasteiger partial charge >= 0.3 is 0 Å². The first-order chi connectivity index (χ1) is 9.70. The van der Waals surface area contributed by atoms with Crippen LogP contribution in [0.15, 0.2) is 0 Å². The minimum atomic E-state index is 0.681. The van der Waals surface area contributed by atoms with Crippen LogP contribution in [-0.2, 0) is 0 Å². The van der Waals surface area contributed by atoms with Gasteiger partial charge in [-0.15, -0.1) is 0 Å². The fraction of sp³-hybridized carbons (Fsp3) is 1.00. The van der Waals surface area contributed by atoms with Crippen molar-refractivity contribution in [1.29, 1.82) is 0 Å². The lowest BCUT2D eigenvalue weighted by atomic mass is 9.83. The molecular formula is C18H36N2. The third kappa shape index (κ3) is 4.73. The van der Waals surface area contributed by atoms with Crippen LogP contribution in [0.25, 0.3) is 0 Å². The van der Waals surface area contributed by atoms with Gasteiger partial charge in [0.05, 0.1) is 0 Å². The molecule has 0 aromatic carbocycles. The molecule has 0 aliphatic heterocycles. The molecule has 2 aliphatic carbocycles. The molecule has 2 heteroatoms. The van der Waals surface area contributed by atoms with E-state index in [0.29, 0.717) is 6.04 Å². The molecule has 20 heavy (non-hydrogen) atoms. The van der Waals surface area contributed by atoms with Gasteiger partial charge in [0.25, 0.3) is 0 Å². The summed E-state index contributed by atoms with van der Waals surface area (Å²) in [5.74, 6) is 1.01. The van der Waals surface area contributed by atoms with Gasteiger partial charge in [0.1, 0.15) is 0 Å². The maximum absolute atomic E-state index is 3.82. The molecule has 1 atom stereocenters. The zero-order valence-corrected chi connectivity index (χ0v) is 14.0. The third-order valence-corrected chi connectivity index (χ3v) is 5.97. The SMILES string of the molecule is CCC1CCC(N(C)C(C)CNC2CCCCC2)CC1. The lowest BCUT2D eigenvalue weighted by molar-refractivity contribution is 0.122. The molecule has 0 saturated heterocycles. The van der Waals surface area contributed by atoms with Crippen LogP contribution in [0.4, 0.5) is 0 Å². The van der Waals surface area contributed by atoms with E-state index >= 15 is 0 Å².